The molecule has 0 radical (unpaired) electrons. The van der Waals surface area contributed by atoms with Crippen LogP contribution >= 0.6 is 24.0 Å². The molecule has 0 aliphatic rings. The lowest BCUT2D eigenvalue weighted by Crippen LogP contribution is -2.38. The predicted molar refractivity (Wildman–Crippen MR) is 118 cm³/mol. The molecule has 0 aliphatic carbocycles. The van der Waals surface area contributed by atoms with Gasteiger partial charge in [-0.15, -0.1) is 24.0 Å². The average molecular weight is 479 g/mol. The Hall–Kier alpha value is -1.06. The van der Waals surface area contributed by atoms with E-state index < -0.39 is 0 Å². The van der Waals surface area contributed by atoms with Gasteiger partial charge in [0.2, 0.25) is 0 Å². The maximum absolute atomic E-state index is 5.47. The van der Waals surface area contributed by atoms with Crippen LogP contribution in [0.3, 0.4) is 0 Å². The highest BCUT2D eigenvalue weighted by molar-refractivity contribution is 14.0. The summed E-state index contributed by atoms with van der Waals surface area (Å²) in [6, 6.07) is 8.07. The zero-order valence-corrected chi connectivity index (χ0v) is 18.8. The fourth-order valence-electron chi connectivity index (χ4n) is 2.38. The minimum Gasteiger partial charge on any atom is -0.496 e. The Labute approximate surface area is 175 Å². The van der Waals surface area contributed by atoms with Crippen molar-refractivity contribution in [2.24, 2.45) is 4.99 Å². The van der Waals surface area contributed by atoms with Gasteiger partial charge in [0, 0.05) is 46.0 Å². The summed E-state index contributed by atoms with van der Waals surface area (Å²) in [4.78, 5) is 6.83. The van der Waals surface area contributed by atoms with Crippen LogP contribution in [0.1, 0.15) is 25.3 Å². The first-order valence-electron chi connectivity index (χ1n) is 8.91. The highest BCUT2D eigenvalue weighted by Gasteiger charge is 2.09. The molecule has 26 heavy (non-hydrogen) atoms. The van der Waals surface area contributed by atoms with Crippen molar-refractivity contribution < 1.29 is 14.2 Å². The maximum Gasteiger partial charge on any atom is 0.193 e. The van der Waals surface area contributed by atoms with Crippen molar-refractivity contribution in [3.63, 3.8) is 0 Å². The number of ether oxygens (including phenoxy) is 3. The van der Waals surface area contributed by atoms with E-state index in [1.807, 2.05) is 25.2 Å². The second kappa shape index (κ2) is 16.1. The van der Waals surface area contributed by atoms with Crippen LogP contribution in [0.5, 0.6) is 5.75 Å². The van der Waals surface area contributed by atoms with E-state index in [2.05, 4.69) is 23.2 Å². The first kappa shape index (κ1) is 24.9. The largest absolute Gasteiger partial charge is 0.496 e. The first-order chi connectivity index (χ1) is 12.2. The molecule has 1 N–H and O–H groups in total. The molecule has 0 aliphatic heterocycles. The summed E-state index contributed by atoms with van der Waals surface area (Å²) in [6.45, 7) is 6.51. The molecular weight excluding hydrogens is 445 g/mol. The van der Waals surface area contributed by atoms with Gasteiger partial charge in [0.15, 0.2) is 5.96 Å². The number of para-hydroxylation sites is 1. The lowest BCUT2D eigenvalue weighted by atomic mass is 10.2. The van der Waals surface area contributed by atoms with Crippen molar-refractivity contribution in [1.82, 2.24) is 10.2 Å². The number of aliphatic imine (C=N–C) groups is 1. The molecule has 1 aromatic rings. The fraction of sp³-hybridized carbons (Fsp3) is 0.632. The number of unbranched alkanes of at least 4 members (excludes halogenated alkanes) is 1. The molecule has 0 fully saturated rings. The Kier molecular flexibility index (Phi) is 15.5. The van der Waals surface area contributed by atoms with Crippen LogP contribution in [-0.4, -0.2) is 65.0 Å². The predicted octanol–water partition coefficient (Wildman–Crippen LogP) is 3.15. The molecule has 6 nitrogen and oxygen atoms in total. The van der Waals surface area contributed by atoms with Crippen LogP contribution in [-0.2, 0) is 16.0 Å². The Balaban J connectivity index is 0.00000625. The molecular formula is C19H34IN3O3. The molecule has 0 saturated carbocycles. The van der Waals surface area contributed by atoms with E-state index in [-0.39, 0.29) is 24.0 Å². The molecule has 0 atom stereocenters. The fourth-order valence-corrected chi connectivity index (χ4v) is 2.38. The minimum absolute atomic E-state index is 0. The molecule has 0 bridgehead atoms. The second-order valence-electron chi connectivity index (χ2n) is 5.72. The molecule has 7 heteroatoms. The third kappa shape index (κ3) is 10.2. The molecule has 1 rings (SSSR count). The Morgan fingerprint density at radius 2 is 1.88 bits per heavy atom. The molecule has 150 valence electrons. The number of nitrogens with one attached hydrogen (secondary N) is 1. The monoisotopic (exact) mass is 479 g/mol. The third-order valence-electron chi connectivity index (χ3n) is 3.69. The van der Waals surface area contributed by atoms with E-state index in [0.29, 0.717) is 13.2 Å². The van der Waals surface area contributed by atoms with Crippen molar-refractivity contribution in [3.05, 3.63) is 29.8 Å². The average Bonchev–Trinajstić information content (AvgIpc) is 2.63. The number of rotatable bonds is 12. The van der Waals surface area contributed by atoms with Crippen molar-refractivity contribution in [1.29, 1.82) is 0 Å². The second-order valence-corrected chi connectivity index (χ2v) is 5.72. The summed E-state index contributed by atoms with van der Waals surface area (Å²) in [5, 5.41) is 3.35. The summed E-state index contributed by atoms with van der Waals surface area (Å²) >= 11 is 0. The van der Waals surface area contributed by atoms with Crippen LogP contribution in [0.2, 0.25) is 0 Å². The van der Waals surface area contributed by atoms with Gasteiger partial charge in [0.1, 0.15) is 5.75 Å². The van der Waals surface area contributed by atoms with Crippen LogP contribution in [0.25, 0.3) is 0 Å². The number of hydrogen-bond donors (Lipinski definition) is 1. The topological polar surface area (TPSA) is 55.3 Å². The van der Waals surface area contributed by atoms with Gasteiger partial charge in [-0.25, -0.2) is 0 Å². The van der Waals surface area contributed by atoms with Crippen LogP contribution in [0.15, 0.2) is 29.3 Å². The molecule has 0 spiro atoms. The standard InChI is InChI=1S/C19H33N3O3.HI/c1-5-20-19(21-12-8-9-13-25-15-14-23-3)22(2)16-17-10-6-7-11-18(17)24-4;/h6-7,10-11H,5,8-9,12-16H2,1-4H3,(H,20,21);1H. The summed E-state index contributed by atoms with van der Waals surface area (Å²) in [7, 11) is 5.43. The van der Waals surface area contributed by atoms with E-state index >= 15 is 0 Å². The van der Waals surface area contributed by atoms with Crippen LogP contribution < -0.4 is 10.1 Å². The quantitative estimate of drug-likeness (QED) is 0.216. The smallest absolute Gasteiger partial charge is 0.193 e. The van der Waals surface area contributed by atoms with Gasteiger partial charge in [-0.05, 0) is 25.8 Å². The lowest BCUT2D eigenvalue weighted by molar-refractivity contribution is 0.0690. The number of methoxy groups -OCH3 is 2. The summed E-state index contributed by atoms with van der Waals surface area (Å²) < 4.78 is 15.8. The molecule has 0 aromatic heterocycles. The highest BCUT2D eigenvalue weighted by Crippen LogP contribution is 2.18. The maximum atomic E-state index is 5.47. The van der Waals surface area contributed by atoms with E-state index in [1.54, 1.807) is 14.2 Å². The highest BCUT2D eigenvalue weighted by atomic mass is 127. The summed E-state index contributed by atoms with van der Waals surface area (Å²) in [6.07, 6.45) is 2.01. The van der Waals surface area contributed by atoms with Gasteiger partial charge in [-0.3, -0.25) is 4.99 Å². The van der Waals surface area contributed by atoms with Gasteiger partial charge in [0.25, 0.3) is 0 Å². The van der Waals surface area contributed by atoms with Crippen LogP contribution in [0.4, 0.5) is 0 Å². The molecule has 1 aromatic carbocycles. The van der Waals surface area contributed by atoms with Crippen molar-refractivity contribution in [2.45, 2.75) is 26.3 Å². The lowest BCUT2D eigenvalue weighted by Gasteiger charge is -2.23. The van der Waals surface area contributed by atoms with Crippen molar-refractivity contribution in [3.8, 4) is 5.75 Å². The van der Waals surface area contributed by atoms with E-state index in [9.17, 15) is 0 Å². The van der Waals surface area contributed by atoms with Crippen LogP contribution in [0, 0.1) is 0 Å². The van der Waals surface area contributed by atoms with Crippen molar-refractivity contribution in [2.75, 3.05) is 54.2 Å². The summed E-state index contributed by atoms with van der Waals surface area (Å²) in [5.41, 5.74) is 1.14. The van der Waals surface area contributed by atoms with Gasteiger partial charge in [-0.1, -0.05) is 18.2 Å². The number of guanidine groups is 1. The summed E-state index contributed by atoms with van der Waals surface area (Å²) in [5.74, 6) is 1.81. The minimum atomic E-state index is 0. The van der Waals surface area contributed by atoms with Gasteiger partial charge in [0.05, 0.1) is 20.3 Å². The first-order valence-corrected chi connectivity index (χ1v) is 8.91. The third-order valence-corrected chi connectivity index (χ3v) is 3.69. The van der Waals surface area contributed by atoms with Gasteiger partial charge < -0.3 is 24.4 Å². The Morgan fingerprint density at radius 3 is 2.58 bits per heavy atom. The van der Waals surface area contributed by atoms with E-state index in [0.717, 1.165) is 56.4 Å². The molecule has 0 amide bonds. The number of benzene rings is 1. The van der Waals surface area contributed by atoms with Gasteiger partial charge >= 0.3 is 0 Å². The number of hydrogen-bond acceptors (Lipinski definition) is 4. The SMILES string of the molecule is CCNC(=NCCCCOCCOC)N(C)Cc1ccccc1OC.I. The van der Waals surface area contributed by atoms with Gasteiger partial charge in [-0.2, -0.15) is 0 Å². The number of nitrogens with zero attached hydrogens (tertiary/aromatic N) is 2. The molecule has 0 unspecified atom stereocenters. The van der Waals surface area contributed by atoms with E-state index in [1.165, 1.54) is 0 Å². The number of halogens is 1. The zero-order chi connectivity index (χ0) is 18.3. The normalized spacial score (nSPS) is 11.0. The van der Waals surface area contributed by atoms with Crippen molar-refractivity contribution >= 4 is 29.9 Å². The van der Waals surface area contributed by atoms with E-state index in [4.69, 9.17) is 19.2 Å². The Morgan fingerprint density at radius 1 is 1.12 bits per heavy atom. The Bertz CT molecular complexity index is 501. The molecule has 0 heterocycles. The zero-order valence-electron chi connectivity index (χ0n) is 16.5. The molecule has 0 saturated heterocycles.